The molecule has 3 N–H and O–H groups in total. The molecule has 2 heterocycles. The minimum Gasteiger partial charge on any atom is -0.392 e. The van der Waals surface area contributed by atoms with Gasteiger partial charge in [-0.15, -0.1) is 0 Å². The predicted octanol–water partition coefficient (Wildman–Crippen LogP) is 2.83. The van der Waals surface area contributed by atoms with Crippen LogP contribution >= 0.6 is 0 Å². The zero-order chi connectivity index (χ0) is 21.3. The van der Waals surface area contributed by atoms with Gasteiger partial charge < -0.3 is 15.4 Å². The number of H-pyrrole nitrogens is 1. The van der Waals surface area contributed by atoms with Crippen LogP contribution in [0, 0.1) is 0 Å². The lowest BCUT2D eigenvalue weighted by Crippen LogP contribution is -2.42. The second kappa shape index (κ2) is 8.08. The summed E-state index contributed by atoms with van der Waals surface area (Å²) in [5.74, 6) is 0.372. The summed E-state index contributed by atoms with van der Waals surface area (Å²) in [4.78, 5) is 22.0. The average Bonchev–Trinajstić information content (AvgIpc) is 3.28. The molecule has 1 aromatic heterocycles. The van der Waals surface area contributed by atoms with Crippen molar-refractivity contribution in [2.24, 2.45) is 0 Å². The normalized spacial score (nSPS) is 20.0. The van der Waals surface area contributed by atoms with Gasteiger partial charge in [0, 0.05) is 13.1 Å². The average molecular weight is 418 g/mol. The standard InChI is InChI=1S/C21H21F3N4O2/c22-21(23,24)14-7-5-13(6-8-14)11-28-12-15(29)9-18(28)20(30)25-10-19-26-16-3-1-2-4-17(16)27-19/h1-8,15,18,29H,9-12H2,(H,25,30)(H,26,27). The number of β-amino-alcohol motifs (C(OH)–C–C–N with tert-alkyl or cyclic N) is 1. The Morgan fingerprint density at radius 2 is 1.93 bits per heavy atom. The molecule has 1 fully saturated rings. The highest BCUT2D eigenvalue weighted by Crippen LogP contribution is 2.29. The first-order chi connectivity index (χ1) is 14.3. The molecule has 2 unspecified atom stereocenters. The van der Waals surface area contributed by atoms with Gasteiger partial charge in [-0.2, -0.15) is 13.2 Å². The van der Waals surface area contributed by atoms with E-state index in [1.165, 1.54) is 12.1 Å². The number of imidazole rings is 1. The number of aliphatic hydroxyl groups is 1. The molecule has 0 saturated carbocycles. The van der Waals surface area contributed by atoms with Crippen LogP contribution in [-0.2, 0) is 24.1 Å². The monoisotopic (exact) mass is 418 g/mol. The van der Waals surface area contributed by atoms with E-state index in [9.17, 15) is 23.1 Å². The van der Waals surface area contributed by atoms with Gasteiger partial charge in [-0.3, -0.25) is 9.69 Å². The van der Waals surface area contributed by atoms with Gasteiger partial charge >= 0.3 is 6.18 Å². The number of amides is 1. The quantitative estimate of drug-likeness (QED) is 0.595. The fourth-order valence-electron chi connectivity index (χ4n) is 3.74. The molecule has 2 aromatic carbocycles. The lowest BCUT2D eigenvalue weighted by Gasteiger charge is -2.23. The Labute approximate surface area is 170 Å². The first-order valence-corrected chi connectivity index (χ1v) is 9.59. The van der Waals surface area contributed by atoms with E-state index in [2.05, 4.69) is 15.3 Å². The highest BCUT2D eigenvalue weighted by molar-refractivity contribution is 5.82. The van der Waals surface area contributed by atoms with Gasteiger partial charge in [-0.05, 0) is 36.2 Å². The predicted molar refractivity (Wildman–Crippen MR) is 104 cm³/mol. The van der Waals surface area contributed by atoms with Crippen LogP contribution in [0.25, 0.3) is 11.0 Å². The van der Waals surface area contributed by atoms with Crippen LogP contribution in [0.1, 0.15) is 23.4 Å². The highest BCUT2D eigenvalue weighted by Gasteiger charge is 2.36. The van der Waals surface area contributed by atoms with E-state index in [1.54, 1.807) is 4.90 Å². The summed E-state index contributed by atoms with van der Waals surface area (Å²) in [5, 5.41) is 12.9. The van der Waals surface area contributed by atoms with Crippen LogP contribution in [-0.4, -0.2) is 44.6 Å². The van der Waals surface area contributed by atoms with Gasteiger partial charge in [-0.1, -0.05) is 24.3 Å². The molecule has 30 heavy (non-hydrogen) atoms. The van der Waals surface area contributed by atoms with Crippen LogP contribution < -0.4 is 5.32 Å². The van der Waals surface area contributed by atoms with E-state index in [1.807, 2.05) is 24.3 Å². The van der Waals surface area contributed by atoms with Gasteiger partial charge in [0.15, 0.2) is 0 Å². The van der Waals surface area contributed by atoms with Crippen molar-refractivity contribution in [2.75, 3.05) is 6.54 Å². The fourth-order valence-corrected chi connectivity index (χ4v) is 3.74. The van der Waals surface area contributed by atoms with Crippen molar-refractivity contribution in [3.63, 3.8) is 0 Å². The first kappa shape index (κ1) is 20.4. The Bertz CT molecular complexity index is 1000. The molecule has 1 saturated heterocycles. The zero-order valence-corrected chi connectivity index (χ0v) is 16.0. The number of carbonyl (C=O) groups excluding carboxylic acids is 1. The number of likely N-dealkylation sites (tertiary alicyclic amines) is 1. The highest BCUT2D eigenvalue weighted by atomic mass is 19.4. The Morgan fingerprint density at radius 3 is 2.63 bits per heavy atom. The van der Waals surface area contributed by atoms with Crippen molar-refractivity contribution in [3.8, 4) is 0 Å². The molecule has 3 aromatic rings. The number of aromatic nitrogens is 2. The largest absolute Gasteiger partial charge is 0.416 e. The van der Waals surface area contributed by atoms with E-state index in [0.29, 0.717) is 11.4 Å². The van der Waals surface area contributed by atoms with Crippen molar-refractivity contribution < 1.29 is 23.1 Å². The van der Waals surface area contributed by atoms with Gasteiger partial charge in [0.1, 0.15) is 5.82 Å². The number of aliphatic hydroxyl groups excluding tert-OH is 1. The molecule has 0 spiro atoms. The SMILES string of the molecule is O=C(NCc1nc2ccccc2[nH]1)C1CC(O)CN1Cc1ccc(C(F)(F)F)cc1. The molecule has 0 aliphatic carbocycles. The zero-order valence-electron chi connectivity index (χ0n) is 16.0. The number of hydrogen-bond donors (Lipinski definition) is 3. The van der Waals surface area contributed by atoms with E-state index >= 15 is 0 Å². The lowest BCUT2D eigenvalue weighted by molar-refractivity contribution is -0.137. The van der Waals surface area contributed by atoms with Crippen LogP contribution in [0.4, 0.5) is 13.2 Å². The van der Waals surface area contributed by atoms with Crippen LogP contribution in [0.2, 0.25) is 0 Å². The van der Waals surface area contributed by atoms with Crippen molar-refractivity contribution in [3.05, 3.63) is 65.5 Å². The molecule has 1 aliphatic rings. The maximum absolute atomic E-state index is 12.7. The molecule has 6 nitrogen and oxygen atoms in total. The summed E-state index contributed by atoms with van der Waals surface area (Å²) in [6.07, 6.45) is -4.78. The van der Waals surface area contributed by atoms with Gasteiger partial charge in [0.25, 0.3) is 0 Å². The molecule has 1 amide bonds. The molecular formula is C21H21F3N4O2. The van der Waals surface area contributed by atoms with Crippen LogP contribution in [0.15, 0.2) is 48.5 Å². The van der Waals surface area contributed by atoms with Crippen molar-refractivity contribution in [1.29, 1.82) is 0 Å². The number of carbonyl (C=O) groups is 1. The number of nitrogens with zero attached hydrogens (tertiary/aromatic N) is 2. The van der Waals surface area contributed by atoms with Crippen LogP contribution in [0.3, 0.4) is 0 Å². The molecule has 1 aliphatic heterocycles. The number of aromatic amines is 1. The second-order valence-corrected chi connectivity index (χ2v) is 7.45. The number of rotatable bonds is 5. The molecule has 0 bridgehead atoms. The Balaban J connectivity index is 1.39. The minimum atomic E-state index is -4.39. The fraction of sp³-hybridized carbons (Fsp3) is 0.333. The van der Waals surface area contributed by atoms with E-state index < -0.39 is 23.9 Å². The number of para-hydroxylation sites is 2. The number of halogens is 3. The topological polar surface area (TPSA) is 81.2 Å². The third-order valence-corrected chi connectivity index (χ3v) is 5.22. The summed E-state index contributed by atoms with van der Waals surface area (Å²) >= 11 is 0. The Kier molecular flexibility index (Phi) is 5.48. The van der Waals surface area contributed by atoms with Crippen molar-refractivity contribution >= 4 is 16.9 Å². The maximum Gasteiger partial charge on any atom is 0.416 e. The molecule has 9 heteroatoms. The van der Waals surface area contributed by atoms with E-state index in [4.69, 9.17) is 0 Å². The van der Waals surface area contributed by atoms with E-state index in [-0.39, 0.29) is 32.0 Å². The Hall–Kier alpha value is -2.91. The second-order valence-electron chi connectivity index (χ2n) is 7.45. The third-order valence-electron chi connectivity index (χ3n) is 5.22. The van der Waals surface area contributed by atoms with Crippen molar-refractivity contribution in [2.45, 2.75) is 37.8 Å². The first-order valence-electron chi connectivity index (χ1n) is 9.59. The minimum absolute atomic E-state index is 0.216. The van der Waals surface area contributed by atoms with E-state index in [0.717, 1.165) is 23.2 Å². The number of nitrogens with one attached hydrogen (secondary N) is 2. The summed E-state index contributed by atoms with van der Waals surface area (Å²) in [7, 11) is 0. The molecule has 158 valence electrons. The summed E-state index contributed by atoms with van der Waals surface area (Å²) in [6, 6.07) is 11.8. The number of alkyl halides is 3. The number of hydrogen-bond acceptors (Lipinski definition) is 4. The Morgan fingerprint density at radius 1 is 1.20 bits per heavy atom. The molecule has 2 atom stereocenters. The summed E-state index contributed by atoms with van der Waals surface area (Å²) < 4.78 is 38.2. The van der Waals surface area contributed by atoms with Gasteiger partial charge in [0.05, 0.1) is 35.3 Å². The third kappa shape index (κ3) is 4.47. The molecular weight excluding hydrogens is 397 g/mol. The number of benzene rings is 2. The smallest absolute Gasteiger partial charge is 0.392 e. The maximum atomic E-state index is 12.7. The molecule has 0 radical (unpaired) electrons. The van der Waals surface area contributed by atoms with Crippen LogP contribution in [0.5, 0.6) is 0 Å². The van der Waals surface area contributed by atoms with Gasteiger partial charge in [-0.25, -0.2) is 4.98 Å². The lowest BCUT2D eigenvalue weighted by atomic mass is 10.1. The summed E-state index contributed by atoms with van der Waals surface area (Å²) in [5.41, 5.74) is 1.61. The van der Waals surface area contributed by atoms with Crippen molar-refractivity contribution in [1.82, 2.24) is 20.2 Å². The molecule has 4 rings (SSSR count). The number of fused-ring (bicyclic) bond motifs is 1. The summed E-state index contributed by atoms with van der Waals surface area (Å²) in [6.45, 7) is 0.774. The van der Waals surface area contributed by atoms with Gasteiger partial charge in [0.2, 0.25) is 5.91 Å².